The fraction of sp³-hybridized carbons (Fsp3) is 0.409. The molecule has 0 radical (unpaired) electrons. The molecule has 27 heavy (non-hydrogen) atoms. The third-order valence-corrected chi connectivity index (χ3v) is 5.33. The number of nitrogens with one attached hydrogen (secondary N) is 1. The maximum absolute atomic E-state index is 12.7. The molecule has 0 aliphatic carbocycles. The third kappa shape index (κ3) is 4.61. The lowest BCUT2D eigenvalue weighted by Gasteiger charge is -2.39. The quantitative estimate of drug-likeness (QED) is 0.852. The molecular formula is C22H29N3O2. The zero-order chi connectivity index (χ0) is 19.2. The van der Waals surface area contributed by atoms with Crippen molar-refractivity contribution >= 4 is 11.6 Å². The minimum absolute atomic E-state index is 0.0102. The van der Waals surface area contributed by atoms with Crippen LogP contribution >= 0.6 is 0 Å². The van der Waals surface area contributed by atoms with Gasteiger partial charge < -0.3 is 15.0 Å². The number of carbonyl (C=O) groups excluding carboxylic acids is 1. The van der Waals surface area contributed by atoms with Gasteiger partial charge >= 0.3 is 0 Å². The average molecular weight is 367 g/mol. The van der Waals surface area contributed by atoms with E-state index in [1.165, 1.54) is 0 Å². The predicted molar refractivity (Wildman–Crippen MR) is 109 cm³/mol. The van der Waals surface area contributed by atoms with Gasteiger partial charge in [0.15, 0.2) is 0 Å². The lowest BCUT2D eigenvalue weighted by atomic mass is 10.1. The van der Waals surface area contributed by atoms with Gasteiger partial charge in [-0.3, -0.25) is 9.69 Å². The Kier molecular flexibility index (Phi) is 6.35. The first kappa shape index (κ1) is 19.2. The summed E-state index contributed by atoms with van der Waals surface area (Å²) in [6, 6.07) is 18.0. The van der Waals surface area contributed by atoms with Crippen molar-refractivity contribution in [3.63, 3.8) is 0 Å². The van der Waals surface area contributed by atoms with Crippen LogP contribution in [0.2, 0.25) is 0 Å². The van der Waals surface area contributed by atoms with Crippen LogP contribution in [0.4, 0.5) is 5.69 Å². The molecule has 5 heteroatoms. The summed E-state index contributed by atoms with van der Waals surface area (Å²) >= 11 is 0. The van der Waals surface area contributed by atoms with E-state index in [1.807, 2.05) is 62.4 Å². The second-order valence-electron chi connectivity index (χ2n) is 7.01. The second kappa shape index (κ2) is 8.91. The summed E-state index contributed by atoms with van der Waals surface area (Å²) < 4.78 is 5.48. The van der Waals surface area contributed by atoms with Crippen LogP contribution < -0.4 is 15.0 Å². The zero-order valence-electron chi connectivity index (χ0n) is 16.4. The van der Waals surface area contributed by atoms with Crippen LogP contribution in [0.3, 0.4) is 0 Å². The number of para-hydroxylation sites is 2. The number of piperazine rings is 1. The summed E-state index contributed by atoms with van der Waals surface area (Å²) in [6.45, 7) is 7.49. The number of benzene rings is 2. The molecule has 0 aromatic heterocycles. The van der Waals surface area contributed by atoms with E-state index in [-0.39, 0.29) is 18.0 Å². The van der Waals surface area contributed by atoms with Gasteiger partial charge in [-0.25, -0.2) is 0 Å². The molecule has 1 heterocycles. The Morgan fingerprint density at radius 2 is 1.59 bits per heavy atom. The van der Waals surface area contributed by atoms with Gasteiger partial charge in [0.05, 0.1) is 24.9 Å². The van der Waals surface area contributed by atoms with Crippen LogP contribution in [-0.2, 0) is 4.79 Å². The maximum Gasteiger partial charge on any atom is 0.237 e. The molecule has 1 fully saturated rings. The van der Waals surface area contributed by atoms with Gasteiger partial charge in [0.2, 0.25) is 5.91 Å². The first-order valence-corrected chi connectivity index (χ1v) is 9.57. The second-order valence-corrected chi connectivity index (χ2v) is 7.01. The predicted octanol–water partition coefficient (Wildman–Crippen LogP) is 3.08. The number of rotatable bonds is 6. The summed E-state index contributed by atoms with van der Waals surface area (Å²) in [5, 5.41) is 3.14. The Morgan fingerprint density at radius 1 is 0.963 bits per heavy atom. The molecule has 5 nitrogen and oxygen atoms in total. The molecule has 2 aromatic rings. The van der Waals surface area contributed by atoms with Gasteiger partial charge in [0.25, 0.3) is 0 Å². The van der Waals surface area contributed by atoms with Gasteiger partial charge in [-0.2, -0.15) is 0 Å². The number of nitrogens with zero attached hydrogens (tertiary/aromatic N) is 2. The SMILES string of the molecule is COc1ccccc1N1CCN([C@H](C)C(=O)N[C@@H](C)c2ccccc2)CC1. The molecule has 0 bridgehead atoms. The molecule has 2 atom stereocenters. The minimum Gasteiger partial charge on any atom is -0.495 e. The standard InChI is InChI=1S/C22H29N3O2/c1-17(19-9-5-4-6-10-19)23-22(26)18(2)24-13-15-25(16-14-24)20-11-7-8-12-21(20)27-3/h4-12,17-18H,13-16H2,1-3H3,(H,23,26)/t17-,18+/m0/s1. The molecule has 3 rings (SSSR count). The Morgan fingerprint density at radius 3 is 2.26 bits per heavy atom. The summed E-state index contributed by atoms with van der Waals surface area (Å²) in [5.41, 5.74) is 2.24. The molecule has 0 saturated carbocycles. The van der Waals surface area contributed by atoms with E-state index in [2.05, 4.69) is 21.2 Å². The van der Waals surface area contributed by atoms with E-state index >= 15 is 0 Å². The molecule has 1 amide bonds. The topological polar surface area (TPSA) is 44.8 Å². The van der Waals surface area contributed by atoms with Crippen molar-refractivity contribution in [3.05, 3.63) is 60.2 Å². The number of carbonyl (C=O) groups is 1. The van der Waals surface area contributed by atoms with Crippen molar-refractivity contribution < 1.29 is 9.53 Å². The number of hydrogen-bond acceptors (Lipinski definition) is 4. The van der Waals surface area contributed by atoms with Gasteiger partial charge in [0, 0.05) is 26.2 Å². The molecule has 1 N–H and O–H groups in total. The van der Waals surface area contributed by atoms with Crippen LogP contribution in [0.15, 0.2) is 54.6 Å². The summed E-state index contributed by atoms with van der Waals surface area (Å²) in [6.07, 6.45) is 0. The van der Waals surface area contributed by atoms with E-state index in [1.54, 1.807) is 7.11 Å². The maximum atomic E-state index is 12.7. The summed E-state index contributed by atoms with van der Waals surface area (Å²) in [4.78, 5) is 17.3. The summed E-state index contributed by atoms with van der Waals surface area (Å²) in [7, 11) is 1.70. The smallest absolute Gasteiger partial charge is 0.237 e. The van der Waals surface area contributed by atoms with Crippen LogP contribution in [-0.4, -0.2) is 50.1 Å². The highest BCUT2D eigenvalue weighted by Crippen LogP contribution is 2.28. The van der Waals surface area contributed by atoms with Crippen molar-refractivity contribution in [2.75, 3.05) is 38.2 Å². The van der Waals surface area contributed by atoms with E-state index in [9.17, 15) is 4.79 Å². The van der Waals surface area contributed by atoms with Gasteiger partial charge in [-0.15, -0.1) is 0 Å². The van der Waals surface area contributed by atoms with Crippen molar-refractivity contribution in [1.29, 1.82) is 0 Å². The van der Waals surface area contributed by atoms with Crippen LogP contribution in [0.1, 0.15) is 25.5 Å². The van der Waals surface area contributed by atoms with Crippen molar-refractivity contribution in [2.45, 2.75) is 25.9 Å². The molecule has 0 unspecified atom stereocenters. The number of hydrogen-bond donors (Lipinski definition) is 1. The highest BCUT2D eigenvalue weighted by molar-refractivity contribution is 5.81. The Balaban J connectivity index is 1.55. The van der Waals surface area contributed by atoms with Gasteiger partial charge in [-0.1, -0.05) is 42.5 Å². The molecule has 144 valence electrons. The minimum atomic E-state index is -0.143. The van der Waals surface area contributed by atoms with E-state index < -0.39 is 0 Å². The van der Waals surface area contributed by atoms with Crippen LogP contribution in [0.5, 0.6) is 5.75 Å². The average Bonchev–Trinajstić information content (AvgIpc) is 2.73. The summed E-state index contributed by atoms with van der Waals surface area (Å²) in [5.74, 6) is 0.977. The van der Waals surface area contributed by atoms with Gasteiger partial charge in [0.1, 0.15) is 5.75 Å². The lowest BCUT2D eigenvalue weighted by molar-refractivity contribution is -0.126. The Hall–Kier alpha value is -2.53. The normalized spacial score (nSPS) is 17.2. The Labute approximate surface area is 161 Å². The molecule has 1 aliphatic heterocycles. The first-order chi connectivity index (χ1) is 13.1. The number of anilines is 1. The Bertz CT molecular complexity index is 742. The highest BCUT2D eigenvalue weighted by atomic mass is 16.5. The first-order valence-electron chi connectivity index (χ1n) is 9.57. The fourth-order valence-electron chi connectivity index (χ4n) is 3.57. The van der Waals surface area contributed by atoms with Crippen molar-refractivity contribution in [2.24, 2.45) is 0 Å². The molecule has 1 saturated heterocycles. The molecule has 2 aromatic carbocycles. The van der Waals surface area contributed by atoms with E-state index in [4.69, 9.17) is 4.74 Å². The van der Waals surface area contributed by atoms with Crippen molar-refractivity contribution in [3.8, 4) is 5.75 Å². The molecule has 1 aliphatic rings. The van der Waals surface area contributed by atoms with E-state index in [0.717, 1.165) is 43.2 Å². The van der Waals surface area contributed by atoms with Crippen molar-refractivity contribution in [1.82, 2.24) is 10.2 Å². The number of amides is 1. The highest BCUT2D eigenvalue weighted by Gasteiger charge is 2.27. The number of methoxy groups -OCH3 is 1. The molecular weight excluding hydrogens is 338 g/mol. The third-order valence-electron chi connectivity index (χ3n) is 5.33. The largest absolute Gasteiger partial charge is 0.495 e. The van der Waals surface area contributed by atoms with E-state index in [0.29, 0.717) is 0 Å². The zero-order valence-corrected chi connectivity index (χ0v) is 16.4. The molecule has 0 spiro atoms. The van der Waals surface area contributed by atoms with Gasteiger partial charge in [-0.05, 0) is 31.5 Å². The van der Waals surface area contributed by atoms with Crippen LogP contribution in [0.25, 0.3) is 0 Å². The number of ether oxygens (including phenoxy) is 1. The lowest BCUT2D eigenvalue weighted by Crippen LogP contribution is -2.54. The monoisotopic (exact) mass is 367 g/mol. The van der Waals surface area contributed by atoms with Crippen LogP contribution in [0, 0.1) is 0 Å². The fourth-order valence-corrected chi connectivity index (χ4v) is 3.57.